The van der Waals surface area contributed by atoms with E-state index in [0.29, 0.717) is 0 Å². The second-order valence-corrected chi connectivity index (χ2v) is 4.94. The fraction of sp³-hybridized carbons (Fsp3) is 0.727. The number of nitrogens with one attached hydrogen (secondary N) is 2. The lowest BCUT2D eigenvalue weighted by Gasteiger charge is -2.18. The first-order chi connectivity index (χ1) is 7.65. The Kier molecular flexibility index (Phi) is 5.64. The summed E-state index contributed by atoms with van der Waals surface area (Å²) in [5.41, 5.74) is -0.200. The number of imide groups is 1. The van der Waals surface area contributed by atoms with E-state index in [1.807, 2.05) is 26.1 Å². The topological polar surface area (TPSA) is 84.5 Å². The van der Waals surface area contributed by atoms with E-state index in [2.05, 4.69) is 5.32 Å². The molecule has 6 heteroatoms. The van der Waals surface area contributed by atoms with Gasteiger partial charge in [0.15, 0.2) is 6.10 Å². The van der Waals surface area contributed by atoms with Gasteiger partial charge < -0.3 is 10.1 Å². The van der Waals surface area contributed by atoms with E-state index in [-0.39, 0.29) is 11.8 Å². The number of urea groups is 1. The van der Waals surface area contributed by atoms with Gasteiger partial charge in [-0.3, -0.25) is 14.9 Å². The number of hydrogen-bond donors (Lipinski definition) is 2. The molecule has 0 radical (unpaired) electrons. The Labute approximate surface area is 101 Å². The largest absolute Gasteiger partial charge is 0.453 e. The second-order valence-electron chi connectivity index (χ2n) is 4.94. The summed E-state index contributed by atoms with van der Waals surface area (Å²) in [6, 6.07) is -0.631. The Hall–Kier alpha value is -1.59. The molecule has 1 atom stereocenters. The van der Waals surface area contributed by atoms with Crippen LogP contribution in [0.25, 0.3) is 0 Å². The summed E-state index contributed by atoms with van der Waals surface area (Å²) >= 11 is 0. The zero-order chi connectivity index (χ0) is 13.6. The van der Waals surface area contributed by atoms with Crippen LogP contribution in [0.15, 0.2) is 0 Å². The van der Waals surface area contributed by atoms with E-state index < -0.39 is 24.0 Å². The average Bonchev–Trinajstić information content (AvgIpc) is 2.14. The van der Waals surface area contributed by atoms with Crippen molar-refractivity contribution in [2.45, 2.75) is 40.2 Å². The van der Waals surface area contributed by atoms with Crippen LogP contribution < -0.4 is 10.6 Å². The van der Waals surface area contributed by atoms with Crippen LogP contribution in [0.3, 0.4) is 0 Å². The van der Waals surface area contributed by atoms with Gasteiger partial charge in [-0.25, -0.2) is 4.79 Å². The standard InChI is InChI=1S/C11H20N2O4/c1-7(9(15)13-10(16)12-5)17-8(14)6-11(2,3)4/h7H,6H2,1-5H3,(H2,12,13,15,16). The molecule has 0 spiro atoms. The lowest BCUT2D eigenvalue weighted by atomic mass is 9.92. The minimum atomic E-state index is -0.984. The van der Waals surface area contributed by atoms with Crippen molar-refractivity contribution in [2.75, 3.05) is 7.05 Å². The maximum absolute atomic E-state index is 11.4. The van der Waals surface area contributed by atoms with E-state index in [1.165, 1.54) is 14.0 Å². The van der Waals surface area contributed by atoms with Crippen LogP contribution in [0, 0.1) is 5.41 Å². The van der Waals surface area contributed by atoms with Crippen molar-refractivity contribution in [3.8, 4) is 0 Å². The van der Waals surface area contributed by atoms with Crippen LogP contribution in [0.5, 0.6) is 0 Å². The van der Waals surface area contributed by atoms with E-state index in [9.17, 15) is 14.4 Å². The molecule has 0 saturated carbocycles. The summed E-state index contributed by atoms with van der Waals surface area (Å²) < 4.78 is 4.90. The van der Waals surface area contributed by atoms with Gasteiger partial charge in [-0.1, -0.05) is 20.8 Å². The Bertz CT molecular complexity index is 307. The van der Waals surface area contributed by atoms with Crippen LogP contribution in [-0.2, 0) is 14.3 Å². The fourth-order valence-electron chi connectivity index (χ4n) is 1.00. The van der Waals surface area contributed by atoms with Gasteiger partial charge in [-0.15, -0.1) is 0 Å². The first-order valence-electron chi connectivity index (χ1n) is 5.38. The van der Waals surface area contributed by atoms with Gasteiger partial charge in [0.25, 0.3) is 5.91 Å². The van der Waals surface area contributed by atoms with Crippen LogP contribution in [0.2, 0.25) is 0 Å². The molecule has 0 saturated heterocycles. The summed E-state index contributed by atoms with van der Waals surface area (Å²) in [6.45, 7) is 7.09. The minimum Gasteiger partial charge on any atom is -0.453 e. The van der Waals surface area contributed by atoms with E-state index in [4.69, 9.17) is 4.74 Å². The summed E-state index contributed by atoms with van der Waals surface area (Å²) in [5.74, 6) is -1.11. The van der Waals surface area contributed by atoms with Gasteiger partial charge in [0.2, 0.25) is 0 Å². The Morgan fingerprint density at radius 2 is 1.76 bits per heavy atom. The monoisotopic (exact) mass is 244 g/mol. The highest BCUT2D eigenvalue weighted by atomic mass is 16.5. The SMILES string of the molecule is CNC(=O)NC(=O)C(C)OC(=O)CC(C)(C)C. The normalized spacial score (nSPS) is 12.5. The molecule has 2 N–H and O–H groups in total. The molecular formula is C11H20N2O4. The Morgan fingerprint density at radius 1 is 1.24 bits per heavy atom. The van der Waals surface area contributed by atoms with E-state index >= 15 is 0 Å². The lowest BCUT2D eigenvalue weighted by molar-refractivity contribution is -0.156. The van der Waals surface area contributed by atoms with Crippen molar-refractivity contribution >= 4 is 17.9 Å². The van der Waals surface area contributed by atoms with Crippen molar-refractivity contribution in [3.05, 3.63) is 0 Å². The third-order valence-corrected chi connectivity index (χ3v) is 1.82. The van der Waals surface area contributed by atoms with E-state index in [0.717, 1.165) is 0 Å². The summed E-state index contributed by atoms with van der Waals surface area (Å²) in [5, 5.41) is 4.26. The summed E-state index contributed by atoms with van der Waals surface area (Å²) in [7, 11) is 1.39. The molecule has 0 aliphatic carbocycles. The quantitative estimate of drug-likeness (QED) is 0.719. The summed E-state index contributed by atoms with van der Waals surface area (Å²) in [4.78, 5) is 33.6. The third kappa shape index (κ3) is 7.32. The van der Waals surface area contributed by atoms with Gasteiger partial charge in [-0.2, -0.15) is 0 Å². The minimum absolute atomic E-state index is 0.200. The lowest BCUT2D eigenvalue weighted by Crippen LogP contribution is -2.43. The number of carbonyl (C=O) groups is 3. The molecule has 6 nitrogen and oxygen atoms in total. The molecule has 0 rings (SSSR count). The maximum Gasteiger partial charge on any atom is 0.321 e. The predicted molar refractivity (Wildman–Crippen MR) is 62.2 cm³/mol. The molecule has 0 aliphatic rings. The number of hydrogen-bond acceptors (Lipinski definition) is 4. The van der Waals surface area contributed by atoms with Gasteiger partial charge in [0.1, 0.15) is 0 Å². The number of ether oxygens (including phenoxy) is 1. The van der Waals surface area contributed by atoms with Gasteiger partial charge in [-0.05, 0) is 12.3 Å². The third-order valence-electron chi connectivity index (χ3n) is 1.82. The van der Waals surface area contributed by atoms with Crippen LogP contribution in [0.4, 0.5) is 4.79 Å². The van der Waals surface area contributed by atoms with Crippen molar-refractivity contribution in [3.63, 3.8) is 0 Å². The molecule has 0 aromatic rings. The zero-order valence-corrected chi connectivity index (χ0v) is 10.9. The van der Waals surface area contributed by atoms with Crippen molar-refractivity contribution in [1.82, 2.24) is 10.6 Å². The number of esters is 1. The first-order valence-corrected chi connectivity index (χ1v) is 5.38. The molecule has 0 aromatic heterocycles. The molecule has 0 fully saturated rings. The van der Waals surface area contributed by atoms with Gasteiger partial charge >= 0.3 is 12.0 Å². The fourth-order valence-corrected chi connectivity index (χ4v) is 1.00. The van der Waals surface area contributed by atoms with Crippen molar-refractivity contribution < 1.29 is 19.1 Å². The maximum atomic E-state index is 11.4. The van der Waals surface area contributed by atoms with Gasteiger partial charge in [0, 0.05) is 7.05 Å². The molecule has 0 heterocycles. The summed E-state index contributed by atoms with van der Waals surface area (Å²) in [6.07, 6.45) is -0.771. The van der Waals surface area contributed by atoms with Crippen molar-refractivity contribution in [2.24, 2.45) is 5.41 Å². The van der Waals surface area contributed by atoms with Crippen LogP contribution in [-0.4, -0.2) is 31.1 Å². The highest BCUT2D eigenvalue weighted by Crippen LogP contribution is 2.19. The van der Waals surface area contributed by atoms with Gasteiger partial charge in [0.05, 0.1) is 6.42 Å². The highest BCUT2D eigenvalue weighted by Gasteiger charge is 2.23. The van der Waals surface area contributed by atoms with Crippen LogP contribution >= 0.6 is 0 Å². The number of carbonyl (C=O) groups excluding carboxylic acids is 3. The molecule has 17 heavy (non-hydrogen) atoms. The number of rotatable bonds is 3. The van der Waals surface area contributed by atoms with E-state index in [1.54, 1.807) is 0 Å². The molecule has 0 aromatic carbocycles. The smallest absolute Gasteiger partial charge is 0.321 e. The Morgan fingerprint density at radius 3 is 2.18 bits per heavy atom. The Balaban J connectivity index is 4.17. The molecule has 1 unspecified atom stereocenters. The first kappa shape index (κ1) is 15.4. The van der Waals surface area contributed by atoms with Crippen molar-refractivity contribution in [1.29, 1.82) is 0 Å². The molecule has 98 valence electrons. The molecule has 3 amide bonds. The molecular weight excluding hydrogens is 224 g/mol. The average molecular weight is 244 g/mol. The second kappa shape index (κ2) is 6.22. The molecule has 0 bridgehead atoms. The number of amides is 3. The highest BCUT2D eigenvalue weighted by molar-refractivity contribution is 5.96. The zero-order valence-electron chi connectivity index (χ0n) is 10.9. The predicted octanol–water partition coefficient (Wildman–Crippen LogP) is 0.810. The molecule has 0 aliphatic heterocycles. The van der Waals surface area contributed by atoms with Crippen LogP contribution in [0.1, 0.15) is 34.1 Å².